The summed E-state index contributed by atoms with van der Waals surface area (Å²) >= 11 is 0. The Morgan fingerprint density at radius 2 is 2.10 bits per heavy atom. The molecule has 3 rings (SSSR count). The molecule has 1 amide bonds. The van der Waals surface area contributed by atoms with Gasteiger partial charge in [-0.15, -0.1) is 0 Å². The van der Waals surface area contributed by atoms with Crippen molar-refractivity contribution in [1.29, 1.82) is 0 Å². The normalized spacial score (nSPS) is 18.0. The Kier molecular flexibility index (Phi) is 4.48. The number of benzene rings is 2. The zero-order valence-corrected chi connectivity index (χ0v) is 12.0. The molecule has 0 unspecified atom stereocenters. The Morgan fingerprint density at radius 1 is 1.24 bits per heavy atom. The first-order valence-corrected chi connectivity index (χ1v) is 7.54. The van der Waals surface area contributed by atoms with Crippen molar-refractivity contribution in [3.63, 3.8) is 0 Å². The number of fused-ring (bicyclic) bond motifs is 1. The Bertz CT molecular complexity index is 616. The summed E-state index contributed by atoms with van der Waals surface area (Å²) in [6, 6.07) is 14.0. The van der Waals surface area contributed by atoms with Crippen molar-refractivity contribution in [2.75, 3.05) is 25.0 Å². The van der Waals surface area contributed by atoms with Crippen LogP contribution in [0, 0.1) is 0 Å². The van der Waals surface area contributed by atoms with Gasteiger partial charge >= 0.3 is 0 Å². The predicted octanol–water partition coefficient (Wildman–Crippen LogP) is 1.52. The van der Waals surface area contributed by atoms with Crippen molar-refractivity contribution in [1.82, 2.24) is 0 Å². The summed E-state index contributed by atoms with van der Waals surface area (Å²) in [6.07, 6.45) is 2.57. The highest BCUT2D eigenvalue weighted by molar-refractivity contribution is 6.02. The Morgan fingerprint density at radius 3 is 2.95 bits per heavy atom. The molecule has 1 aliphatic rings. The van der Waals surface area contributed by atoms with Gasteiger partial charge in [-0.2, -0.15) is 0 Å². The summed E-state index contributed by atoms with van der Waals surface area (Å²) in [5, 5.41) is 7.24. The number of carbonyl (C=O) groups is 1. The van der Waals surface area contributed by atoms with Crippen LogP contribution in [0.25, 0.3) is 10.8 Å². The van der Waals surface area contributed by atoms with Gasteiger partial charge in [0.15, 0.2) is 6.54 Å². The number of hydrogen-bond acceptors (Lipinski definition) is 2. The fraction of sp³-hybridized carbons (Fsp3) is 0.353. The number of rotatable bonds is 5. The van der Waals surface area contributed by atoms with Gasteiger partial charge in [-0.3, -0.25) is 4.79 Å². The minimum Gasteiger partial charge on any atom is -0.372 e. The van der Waals surface area contributed by atoms with E-state index in [1.807, 2.05) is 35.6 Å². The first-order valence-electron chi connectivity index (χ1n) is 7.54. The molecule has 1 fully saturated rings. The van der Waals surface area contributed by atoms with Crippen molar-refractivity contribution in [3.05, 3.63) is 42.5 Å². The molecule has 0 saturated carbocycles. The van der Waals surface area contributed by atoms with E-state index in [0.29, 0.717) is 12.6 Å². The molecule has 0 spiro atoms. The molecule has 4 heteroatoms. The molecule has 21 heavy (non-hydrogen) atoms. The van der Waals surface area contributed by atoms with Crippen molar-refractivity contribution >= 4 is 22.4 Å². The third kappa shape index (κ3) is 3.60. The van der Waals surface area contributed by atoms with E-state index in [-0.39, 0.29) is 5.91 Å². The first-order chi connectivity index (χ1) is 10.3. The zero-order chi connectivity index (χ0) is 14.5. The van der Waals surface area contributed by atoms with E-state index in [0.717, 1.165) is 42.5 Å². The van der Waals surface area contributed by atoms with Crippen LogP contribution >= 0.6 is 0 Å². The molecule has 0 aliphatic carbocycles. The molecule has 110 valence electrons. The van der Waals surface area contributed by atoms with Crippen molar-refractivity contribution in [2.24, 2.45) is 0 Å². The molecule has 2 aromatic rings. The summed E-state index contributed by atoms with van der Waals surface area (Å²) in [4.78, 5) is 12.0. The Balaban J connectivity index is 1.56. The quantitative estimate of drug-likeness (QED) is 0.875. The van der Waals surface area contributed by atoms with Gasteiger partial charge in [-0.05, 0) is 24.3 Å². The number of carbonyl (C=O) groups excluding carboxylic acids is 1. The van der Waals surface area contributed by atoms with E-state index in [1.54, 1.807) is 0 Å². The predicted molar refractivity (Wildman–Crippen MR) is 83.2 cm³/mol. The molecule has 2 aromatic carbocycles. The second kappa shape index (κ2) is 6.70. The number of amides is 1. The van der Waals surface area contributed by atoms with Crippen LogP contribution in [-0.2, 0) is 9.53 Å². The van der Waals surface area contributed by atoms with Crippen LogP contribution in [0.4, 0.5) is 5.69 Å². The largest absolute Gasteiger partial charge is 0.372 e. The average molecular weight is 285 g/mol. The lowest BCUT2D eigenvalue weighted by Crippen LogP contribution is -2.88. The lowest BCUT2D eigenvalue weighted by atomic mass is 10.1. The minimum absolute atomic E-state index is 0.0318. The van der Waals surface area contributed by atoms with Gasteiger partial charge in [0.1, 0.15) is 12.6 Å². The summed E-state index contributed by atoms with van der Waals surface area (Å²) < 4.78 is 5.55. The van der Waals surface area contributed by atoms with Gasteiger partial charge in [0.2, 0.25) is 0 Å². The molecule has 3 N–H and O–H groups in total. The van der Waals surface area contributed by atoms with Crippen LogP contribution in [0.5, 0.6) is 0 Å². The molecule has 1 heterocycles. The van der Waals surface area contributed by atoms with Crippen LogP contribution in [0.2, 0.25) is 0 Å². The van der Waals surface area contributed by atoms with Gasteiger partial charge in [-0.25, -0.2) is 0 Å². The van der Waals surface area contributed by atoms with Crippen LogP contribution in [0.15, 0.2) is 42.5 Å². The average Bonchev–Trinajstić information content (AvgIpc) is 3.01. The molecule has 4 nitrogen and oxygen atoms in total. The van der Waals surface area contributed by atoms with E-state index < -0.39 is 0 Å². The highest BCUT2D eigenvalue weighted by Crippen LogP contribution is 2.22. The maximum atomic E-state index is 12.0. The molecular weight excluding hydrogens is 264 g/mol. The van der Waals surface area contributed by atoms with E-state index in [9.17, 15) is 4.79 Å². The summed E-state index contributed by atoms with van der Waals surface area (Å²) in [7, 11) is 0. The van der Waals surface area contributed by atoms with E-state index >= 15 is 0 Å². The number of nitrogens with one attached hydrogen (secondary N) is 1. The van der Waals surface area contributed by atoms with Crippen LogP contribution in [0.3, 0.4) is 0 Å². The second-order valence-electron chi connectivity index (χ2n) is 5.44. The topological polar surface area (TPSA) is 54.9 Å². The monoisotopic (exact) mass is 285 g/mol. The van der Waals surface area contributed by atoms with Crippen LogP contribution < -0.4 is 10.6 Å². The first kappa shape index (κ1) is 14.0. The van der Waals surface area contributed by atoms with Gasteiger partial charge in [0.25, 0.3) is 5.91 Å². The smallest absolute Gasteiger partial charge is 0.279 e. The number of anilines is 1. The summed E-state index contributed by atoms with van der Waals surface area (Å²) in [5.74, 6) is 0.0318. The van der Waals surface area contributed by atoms with Crippen molar-refractivity contribution < 1.29 is 14.8 Å². The van der Waals surface area contributed by atoms with Gasteiger partial charge < -0.3 is 15.4 Å². The van der Waals surface area contributed by atoms with Crippen LogP contribution in [-0.4, -0.2) is 31.7 Å². The van der Waals surface area contributed by atoms with Crippen molar-refractivity contribution in [3.8, 4) is 0 Å². The van der Waals surface area contributed by atoms with Gasteiger partial charge in [0, 0.05) is 17.7 Å². The molecule has 0 aromatic heterocycles. The third-order valence-electron chi connectivity index (χ3n) is 3.85. The zero-order valence-electron chi connectivity index (χ0n) is 12.0. The van der Waals surface area contributed by atoms with Crippen LogP contribution in [0.1, 0.15) is 12.8 Å². The highest BCUT2D eigenvalue weighted by atomic mass is 16.5. The molecule has 1 aliphatic heterocycles. The summed E-state index contributed by atoms with van der Waals surface area (Å²) in [6.45, 7) is 2.16. The van der Waals surface area contributed by atoms with E-state index in [4.69, 9.17) is 4.74 Å². The minimum atomic E-state index is 0.0318. The maximum absolute atomic E-state index is 12.0. The summed E-state index contributed by atoms with van der Waals surface area (Å²) in [5.41, 5.74) is 0.878. The highest BCUT2D eigenvalue weighted by Gasteiger charge is 2.17. The number of ether oxygens (including phenoxy) is 1. The number of nitrogens with two attached hydrogens (primary N) is 1. The number of hydrogen-bond donors (Lipinski definition) is 2. The van der Waals surface area contributed by atoms with Gasteiger partial charge in [-0.1, -0.05) is 36.4 Å². The van der Waals surface area contributed by atoms with E-state index in [2.05, 4.69) is 17.4 Å². The molecule has 1 atom stereocenters. The van der Waals surface area contributed by atoms with E-state index in [1.165, 1.54) is 0 Å². The fourth-order valence-corrected chi connectivity index (χ4v) is 2.77. The fourth-order valence-electron chi connectivity index (χ4n) is 2.77. The molecular formula is C17H21N2O2+. The molecule has 0 bridgehead atoms. The SMILES string of the molecule is O=C(C[NH2+]C[C@H]1CCCO1)Nc1cccc2ccccc12. The third-order valence-corrected chi connectivity index (χ3v) is 3.85. The maximum Gasteiger partial charge on any atom is 0.279 e. The Hall–Kier alpha value is -1.91. The molecule has 0 radical (unpaired) electrons. The lowest BCUT2D eigenvalue weighted by molar-refractivity contribution is -0.649. The lowest BCUT2D eigenvalue weighted by Gasteiger charge is -2.10. The standard InChI is InChI=1S/C17H20N2O2/c20-17(12-18-11-14-7-4-10-21-14)19-16-9-3-6-13-5-1-2-8-15(13)16/h1-3,5-6,8-9,14,18H,4,7,10-12H2,(H,19,20)/p+1/t14-/m1/s1. The van der Waals surface area contributed by atoms with Crippen molar-refractivity contribution in [2.45, 2.75) is 18.9 Å². The second-order valence-corrected chi connectivity index (χ2v) is 5.44. The van der Waals surface area contributed by atoms with Gasteiger partial charge in [0.05, 0.1) is 0 Å². The Labute approximate surface area is 124 Å². The number of quaternary nitrogens is 1. The molecule has 1 saturated heterocycles.